The Labute approximate surface area is 111 Å². The summed E-state index contributed by atoms with van der Waals surface area (Å²) in [6.07, 6.45) is 5.46. The van der Waals surface area contributed by atoms with E-state index in [-0.39, 0.29) is 11.7 Å². The highest BCUT2D eigenvalue weighted by Crippen LogP contribution is 2.60. The van der Waals surface area contributed by atoms with Gasteiger partial charge in [0.05, 0.1) is 10.2 Å². The van der Waals surface area contributed by atoms with Crippen molar-refractivity contribution in [3.05, 3.63) is 29.3 Å². The number of benzene rings is 1. The number of fused-ring (bicyclic) bond motifs is 1. The molecule has 2 aliphatic rings. The highest BCUT2D eigenvalue weighted by molar-refractivity contribution is 7.18. The lowest BCUT2D eigenvalue weighted by atomic mass is 9.78. The predicted octanol–water partition coefficient (Wildman–Crippen LogP) is 4.32. The molecule has 1 aromatic heterocycles. The van der Waals surface area contributed by atoms with E-state index in [9.17, 15) is 0 Å². The van der Waals surface area contributed by atoms with Gasteiger partial charge in [-0.15, -0.1) is 11.3 Å². The van der Waals surface area contributed by atoms with Gasteiger partial charge in [-0.25, -0.2) is 4.98 Å². The number of hydrogen-bond donors (Lipinski definition) is 0. The van der Waals surface area contributed by atoms with Gasteiger partial charge < -0.3 is 4.74 Å². The van der Waals surface area contributed by atoms with E-state index >= 15 is 0 Å². The second-order valence-electron chi connectivity index (χ2n) is 5.62. The SMILES string of the molecule is C[C@@H]1CCCC[C@]12O[C@H]2c1nc2ccccc2s1. The number of nitrogens with zero attached hydrogens (tertiary/aromatic N) is 1. The maximum absolute atomic E-state index is 6.12. The standard InChI is InChI=1S/C15H17NOS/c1-10-6-4-5-9-15(10)13(17-15)14-16-11-7-2-3-8-12(11)18-14/h2-3,7-8,10,13H,4-6,9H2,1H3/t10-,13+,15+/m1/s1. The van der Waals surface area contributed by atoms with Crippen molar-refractivity contribution < 1.29 is 4.74 Å². The Bertz CT molecular complexity index is 560. The third-order valence-corrected chi connectivity index (χ3v) is 5.63. The van der Waals surface area contributed by atoms with Crippen molar-refractivity contribution in [3.8, 4) is 0 Å². The number of ether oxygens (including phenoxy) is 1. The lowest BCUT2D eigenvalue weighted by Gasteiger charge is -2.25. The second-order valence-corrected chi connectivity index (χ2v) is 6.68. The minimum atomic E-state index is 0.131. The fraction of sp³-hybridized carbons (Fsp3) is 0.533. The number of thiazole rings is 1. The van der Waals surface area contributed by atoms with E-state index in [2.05, 4.69) is 31.2 Å². The van der Waals surface area contributed by atoms with E-state index in [0.29, 0.717) is 5.92 Å². The van der Waals surface area contributed by atoms with Gasteiger partial charge in [-0.05, 0) is 30.9 Å². The molecule has 3 atom stereocenters. The van der Waals surface area contributed by atoms with Gasteiger partial charge in [0.2, 0.25) is 0 Å². The van der Waals surface area contributed by atoms with Crippen LogP contribution in [0.25, 0.3) is 10.2 Å². The molecule has 1 aliphatic carbocycles. The summed E-state index contributed by atoms with van der Waals surface area (Å²) in [6, 6.07) is 8.38. The van der Waals surface area contributed by atoms with Crippen molar-refractivity contribution in [3.63, 3.8) is 0 Å². The summed E-state index contributed by atoms with van der Waals surface area (Å²) in [4.78, 5) is 4.75. The number of aromatic nitrogens is 1. The van der Waals surface area contributed by atoms with Gasteiger partial charge in [-0.1, -0.05) is 31.9 Å². The molecule has 0 N–H and O–H groups in total. The summed E-state index contributed by atoms with van der Waals surface area (Å²) < 4.78 is 7.40. The van der Waals surface area contributed by atoms with E-state index in [4.69, 9.17) is 9.72 Å². The van der Waals surface area contributed by atoms with Crippen LogP contribution in [0.3, 0.4) is 0 Å². The molecule has 2 nitrogen and oxygen atoms in total. The van der Waals surface area contributed by atoms with Gasteiger partial charge >= 0.3 is 0 Å². The van der Waals surface area contributed by atoms with Crippen LogP contribution in [0, 0.1) is 5.92 Å². The van der Waals surface area contributed by atoms with E-state index in [1.807, 2.05) is 0 Å². The molecule has 2 heterocycles. The first-order valence-corrected chi connectivity index (χ1v) is 7.64. The van der Waals surface area contributed by atoms with Gasteiger partial charge in [0.25, 0.3) is 0 Å². The van der Waals surface area contributed by atoms with Crippen LogP contribution in [-0.4, -0.2) is 10.6 Å². The number of rotatable bonds is 1. The summed E-state index contributed by atoms with van der Waals surface area (Å²) in [5.41, 5.74) is 1.25. The molecule has 0 unspecified atom stereocenters. The third-order valence-electron chi connectivity index (χ3n) is 4.55. The average molecular weight is 259 g/mol. The fourth-order valence-electron chi connectivity index (χ4n) is 3.35. The van der Waals surface area contributed by atoms with E-state index in [1.165, 1.54) is 35.4 Å². The Morgan fingerprint density at radius 1 is 1.33 bits per heavy atom. The van der Waals surface area contributed by atoms with Gasteiger partial charge in [-0.2, -0.15) is 0 Å². The van der Waals surface area contributed by atoms with Crippen LogP contribution in [0.2, 0.25) is 0 Å². The average Bonchev–Trinajstić information content (AvgIpc) is 2.94. The molecule has 18 heavy (non-hydrogen) atoms. The van der Waals surface area contributed by atoms with Gasteiger partial charge in [0.1, 0.15) is 16.7 Å². The summed E-state index contributed by atoms with van der Waals surface area (Å²) in [6.45, 7) is 2.34. The molecule has 1 saturated heterocycles. The van der Waals surface area contributed by atoms with E-state index < -0.39 is 0 Å². The highest BCUT2D eigenvalue weighted by Gasteiger charge is 2.61. The first kappa shape index (κ1) is 10.9. The molecule has 1 aromatic carbocycles. The number of epoxide rings is 1. The maximum atomic E-state index is 6.12. The molecular weight excluding hydrogens is 242 g/mol. The smallest absolute Gasteiger partial charge is 0.139 e. The zero-order valence-corrected chi connectivity index (χ0v) is 11.4. The van der Waals surface area contributed by atoms with Crippen LogP contribution >= 0.6 is 11.3 Å². The van der Waals surface area contributed by atoms with Crippen molar-refractivity contribution in [2.45, 2.75) is 44.3 Å². The lowest BCUT2D eigenvalue weighted by molar-refractivity contribution is 0.170. The summed E-state index contributed by atoms with van der Waals surface area (Å²) >= 11 is 1.80. The second kappa shape index (κ2) is 3.78. The Hall–Kier alpha value is -0.930. The highest BCUT2D eigenvalue weighted by atomic mass is 32.1. The Kier molecular flexibility index (Phi) is 2.30. The van der Waals surface area contributed by atoms with Crippen molar-refractivity contribution in [1.82, 2.24) is 4.98 Å². The maximum Gasteiger partial charge on any atom is 0.139 e. The van der Waals surface area contributed by atoms with Crippen LogP contribution in [0.4, 0.5) is 0 Å². The van der Waals surface area contributed by atoms with Crippen molar-refractivity contribution in [2.75, 3.05) is 0 Å². The van der Waals surface area contributed by atoms with Crippen molar-refractivity contribution >= 4 is 21.6 Å². The molecule has 4 rings (SSSR count). The number of para-hydroxylation sites is 1. The fourth-order valence-corrected chi connectivity index (χ4v) is 4.44. The van der Waals surface area contributed by atoms with Crippen molar-refractivity contribution in [2.24, 2.45) is 5.92 Å². The summed E-state index contributed by atoms with van der Waals surface area (Å²) in [7, 11) is 0. The zero-order valence-electron chi connectivity index (χ0n) is 10.6. The molecule has 1 aliphatic heterocycles. The molecule has 0 amide bonds. The Balaban J connectivity index is 1.69. The first-order chi connectivity index (χ1) is 8.79. The molecule has 1 spiro atoms. The van der Waals surface area contributed by atoms with Crippen LogP contribution in [-0.2, 0) is 4.74 Å². The topological polar surface area (TPSA) is 25.4 Å². The van der Waals surface area contributed by atoms with Crippen LogP contribution in [0.15, 0.2) is 24.3 Å². The third kappa shape index (κ3) is 1.47. The molecule has 3 heteroatoms. The number of hydrogen-bond acceptors (Lipinski definition) is 3. The van der Waals surface area contributed by atoms with Gasteiger partial charge in [0.15, 0.2) is 0 Å². The molecule has 1 saturated carbocycles. The van der Waals surface area contributed by atoms with E-state index in [0.717, 1.165) is 5.52 Å². The quantitative estimate of drug-likeness (QED) is 0.713. The predicted molar refractivity (Wildman–Crippen MR) is 73.8 cm³/mol. The molecule has 0 radical (unpaired) electrons. The zero-order chi connectivity index (χ0) is 12.2. The molecular formula is C15H17NOS. The monoisotopic (exact) mass is 259 g/mol. The van der Waals surface area contributed by atoms with Crippen LogP contribution in [0.1, 0.15) is 43.7 Å². The van der Waals surface area contributed by atoms with Crippen LogP contribution in [0.5, 0.6) is 0 Å². The van der Waals surface area contributed by atoms with Gasteiger partial charge in [0, 0.05) is 0 Å². The summed E-state index contributed by atoms with van der Waals surface area (Å²) in [5, 5.41) is 1.19. The lowest BCUT2D eigenvalue weighted by Crippen LogP contribution is -2.26. The minimum absolute atomic E-state index is 0.131. The summed E-state index contributed by atoms with van der Waals surface area (Å²) in [5.74, 6) is 0.684. The molecule has 0 bridgehead atoms. The molecule has 2 aromatic rings. The van der Waals surface area contributed by atoms with Crippen molar-refractivity contribution in [1.29, 1.82) is 0 Å². The largest absolute Gasteiger partial charge is 0.358 e. The van der Waals surface area contributed by atoms with Gasteiger partial charge in [-0.3, -0.25) is 0 Å². The Morgan fingerprint density at radius 3 is 3.06 bits per heavy atom. The van der Waals surface area contributed by atoms with Crippen LogP contribution < -0.4 is 0 Å². The molecule has 2 fully saturated rings. The first-order valence-electron chi connectivity index (χ1n) is 6.83. The normalized spacial score (nSPS) is 35.2. The minimum Gasteiger partial charge on any atom is -0.358 e. The Morgan fingerprint density at radius 2 is 2.22 bits per heavy atom. The molecule has 94 valence electrons. The van der Waals surface area contributed by atoms with E-state index in [1.54, 1.807) is 11.3 Å².